The second-order valence-corrected chi connectivity index (χ2v) is 12.9. The number of benzene rings is 7. The van der Waals surface area contributed by atoms with E-state index in [2.05, 4.69) is 161 Å². The van der Waals surface area contributed by atoms with Crippen LogP contribution in [-0.2, 0) is 0 Å². The Bertz CT molecular complexity index is 3000. The van der Waals surface area contributed by atoms with Crippen LogP contribution in [0.4, 0.5) is 0 Å². The van der Waals surface area contributed by atoms with Crippen LogP contribution < -0.4 is 0 Å². The monoisotopic (exact) mass is 640 g/mol. The number of allylic oxidation sites excluding steroid dienone is 1. The Morgan fingerprint density at radius 2 is 1.18 bits per heavy atom. The molecule has 0 saturated carbocycles. The van der Waals surface area contributed by atoms with Crippen LogP contribution in [-0.4, -0.2) is 9.13 Å². The Hall–Kier alpha value is -6.58. The van der Waals surface area contributed by atoms with Crippen molar-refractivity contribution in [2.75, 3.05) is 0 Å². The van der Waals surface area contributed by atoms with Crippen LogP contribution >= 0.6 is 0 Å². The summed E-state index contributed by atoms with van der Waals surface area (Å²) in [6.45, 7) is 6.13. The summed E-state index contributed by atoms with van der Waals surface area (Å²) in [6, 6.07) is 52.7. The molecule has 0 aliphatic heterocycles. The maximum Gasteiger partial charge on any atom is 0.160 e. The summed E-state index contributed by atoms with van der Waals surface area (Å²) in [7, 11) is 0. The number of aromatic nitrogens is 2. The van der Waals surface area contributed by atoms with Gasteiger partial charge in [0.25, 0.3) is 0 Å². The van der Waals surface area contributed by atoms with E-state index in [1.54, 1.807) is 0 Å². The van der Waals surface area contributed by atoms with E-state index in [-0.39, 0.29) is 0 Å². The van der Waals surface area contributed by atoms with Crippen molar-refractivity contribution in [1.82, 2.24) is 9.13 Å². The largest absolute Gasteiger partial charge is 0.454 e. The third kappa shape index (κ3) is 4.04. The first-order valence-corrected chi connectivity index (χ1v) is 17.1. The Labute approximate surface area is 289 Å². The van der Waals surface area contributed by atoms with Crippen LogP contribution in [0.5, 0.6) is 0 Å². The lowest BCUT2D eigenvalue weighted by Gasteiger charge is -2.12. The lowest BCUT2D eigenvalue weighted by molar-refractivity contribution is 0.605. The van der Waals surface area contributed by atoms with E-state index in [0.29, 0.717) is 0 Å². The minimum Gasteiger partial charge on any atom is -0.454 e. The molecule has 10 aromatic rings. The van der Waals surface area contributed by atoms with Gasteiger partial charge in [-0.25, -0.2) is 0 Å². The first kappa shape index (κ1) is 28.4. The first-order valence-electron chi connectivity index (χ1n) is 17.1. The fourth-order valence-corrected chi connectivity index (χ4v) is 8.02. The Morgan fingerprint density at radius 3 is 1.96 bits per heavy atom. The molecule has 3 heterocycles. The van der Waals surface area contributed by atoms with Crippen LogP contribution in [0.25, 0.3) is 100 Å². The second-order valence-electron chi connectivity index (χ2n) is 12.9. The molecular formula is C47H32N2O. The maximum atomic E-state index is 6.62. The quantitative estimate of drug-likeness (QED) is 0.184. The number of hydrogen-bond donors (Lipinski definition) is 0. The van der Waals surface area contributed by atoms with Gasteiger partial charge in [-0.15, -0.1) is 0 Å². The molecule has 0 radical (unpaired) electrons. The Kier molecular flexibility index (Phi) is 6.24. The molecular weight excluding hydrogens is 609 g/mol. The average Bonchev–Trinajstić information content (AvgIpc) is 3.81. The molecule has 3 heteroatoms. The summed E-state index contributed by atoms with van der Waals surface area (Å²) in [5.41, 5.74) is 11.1. The van der Waals surface area contributed by atoms with Crippen molar-refractivity contribution in [3.05, 3.63) is 170 Å². The summed E-state index contributed by atoms with van der Waals surface area (Å²) in [5.74, 6) is 0.825. The molecule has 3 aromatic heterocycles. The van der Waals surface area contributed by atoms with Gasteiger partial charge < -0.3 is 13.6 Å². The minimum atomic E-state index is 0.825. The van der Waals surface area contributed by atoms with Gasteiger partial charge >= 0.3 is 0 Å². The van der Waals surface area contributed by atoms with E-state index in [9.17, 15) is 0 Å². The highest BCUT2D eigenvalue weighted by atomic mass is 16.3. The van der Waals surface area contributed by atoms with Crippen molar-refractivity contribution >= 4 is 77.5 Å². The van der Waals surface area contributed by atoms with Gasteiger partial charge in [0.2, 0.25) is 0 Å². The van der Waals surface area contributed by atoms with Gasteiger partial charge in [-0.1, -0.05) is 110 Å². The highest BCUT2D eigenvalue weighted by Crippen LogP contribution is 2.42. The first-order chi connectivity index (χ1) is 24.7. The molecule has 0 aliphatic carbocycles. The maximum absolute atomic E-state index is 6.62. The van der Waals surface area contributed by atoms with Crippen molar-refractivity contribution in [1.29, 1.82) is 0 Å². The molecule has 0 atom stereocenters. The molecule has 0 unspecified atom stereocenters. The van der Waals surface area contributed by atoms with E-state index in [4.69, 9.17) is 4.42 Å². The Balaban J connectivity index is 1.22. The molecule has 0 fully saturated rings. The van der Waals surface area contributed by atoms with Gasteiger partial charge in [0.1, 0.15) is 5.76 Å². The zero-order valence-corrected chi connectivity index (χ0v) is 27.6. The van der Waals surface area contributed by atoms with E-state index in [1.807, 2.05) is 25.2 Å². The molecule has 0 spiro atoms. The van der Waals surface area contributed by atoms with E-state index >= 15 is 0 Å². The van der Waals surface area contributed by atoms with Crippen LogP contribution in [0.2, 0.25) is 0 Å². The van der Waals surface area contributed by atoms with Crippen molar-refractivity contribution in [2.45, 2.75) is 6.92 Å². The molecule has 236 valence electrons. The summed E-state index contributed by atoms with van der Waals surface area (Å²) < 4.78 is 11.4. The SMILES string of the molecule is C=Cc1c(/C=C\C)oc2c1ccc1c3cc(-c4ccc5c(c4)c4ccccc4n5-c4cccc5ccccc45)ccc3n(-c3ccccc3)c12. The fourth-order valence-electron chi connectivity index (χ4n) is 8.02. The molecule has 3 nitrogen and oxygen atoms in total. The molecule has 50 heavy (non-hydrogen) atoms. The number of nitrogens with zero attached hydrogens (tertiary/aromatic N) is 2. The number of rotatable bonds is 5. The average molecular weight is 641 g/mol. The predicted molar refractivity (Wildman–Crippen MR) is 213 cm³/mol. The van der Waals surface area contributed by atoms with Crippen LogP contribution in [0.1, 0.15) is 18.2 Å². The van der Waals surface area contributed by atoms with E-state index in [1.165, 1.54) is 54.8 Å². The summed E-state index contributed by atoms with van der Waals surface area (Å²) in [4.78, 5) is 0. The zero-order valence-electron chi connectivity index (χ0n) is 27.6. The third-order valence-corrected chi connectivity index (χ3v) is 10.2. The van der Waals surface area contributed by atoms with Gasteiger partial charge in [-0.2, -0.15) is 0 Å². The number of fused-ring (bicyclic) bond motifs is 9. The molecule has 0 amide bonds. The highest BCUT2D eigenvalue weighted by molar-refractivity contribution is 6.19. The predicted octanol–water partition coefficient (Wildman–Crippen LogP) is 13.1. The molecule has 0 aliphatic rings. The number of para-hydroxylation sites is 2. The third-order valence-electron chi connectivity index (χ3n) is 10.2. The van der Waals surface area contributed by atoms with Gasteiger partial charge in [-0.05, 0) is 84.1 Å². The van der Waals surface area contributed by atoms with Gasteiger partial charge in [-0.3, -0.25) is 0 Å². The zero-order chi connectivity index (χ0) is 33.3. The lowest BCUT2D eigenvalue weighted by Crippen LogP contribution is -1.95. The normalized spacial score (nSPS) is 12.1. The van der Waals surface area contributed by atoms with Gasteiger partial charge in [0.15, 0.2) is 5.58 Å². The van der Waals surface area contributed by atoms with Crippen molar-refractivity contribution < 1.29 is 4.42 Å². The van der Waals surface area contributed by atoms with Crippen molar-refractivity contribution in [2.24, 2.45) is 0 Å². The summed E-state index contributed by atoms with van der Waals surface area (Å²) in [6.07, 6.45) is 5.93. The lowest BCUT2D eigenvalue weighted by atomic mass is 10.00. The van der Waals surface area contributed by atoms with Crippen LogP contribution in [0, 0.1) is 0 Å². The molecule has 0 bridgehead atoms. The molecule has 7 aromatic carbocycles. The minimum absolute atomic E-state index is 0.825. The smallest absolute Gasteiger partial charge is 0.160 e. The molecule has 10 rings (SSSR count). The summed E-state index contributed by atoms with van der Waals surface area (Å²) in [5, 5.41) is 8.37. The Morgan fingerprint density at radius 1 is 0.540 bits per heavy atom. The van der Waals surface area contributed by atoms with E-state index < -0.39 is 0 Å². The van der Waals surface area contributed by atoms with Gasteiger partial charge in [0, 0.05) is 43.6 Å². The van der Waals surface area contributed by atoms with Crippen molar-refractivity contribution in [3.63, 3.8) is 0 Å². The molecule has 0 saturated heterocycles. The fraction of sp³-hybridized carbons (Fsp3) is 0.0213. The topological polar surface area (TPSA) is 23.0 Å². The van der Waals surface area contributed by atoms with Crippen LogP contribution in [0.15, 0.2) is 163 Å². The number of furan rings is 1. The van der Waals surface area contributed by atoms with Gasteiger partial charge in [0.05, 0.1) is 27.8 Å². The molecule has 0 N–H and O–H groups in total. The summed E-state index contributed by atoms with van der Waals surface area (Å²) >= 11 is 0. The van der Waals surface area contributed by atoms with Crippen molar-refractivity contribution in [3.8, 4) is 22.5 Å². The number of hydrogen-bond acceptors (Lipinski definition) is 1. The highest BCUT2D eigenvalue weighted by Gasteiger charge is 2.21. The van der Waals surface area contributed by atoms with E-state index in [0.717, 1.165) is 44.4 Å². The van der Waals surface area contributed by atoms with Crippen LogP contribution in [0.3, 0.4) is 0 Å². The second kappa shape index (κ2) is 11.0. The standard InChI is InChI=1S/C47H32N2O/c1-3-13-45-34(4-2)38-25-24-37-40-29-32(22-26-43(40)48(46(37)47(38)50-45)33-16-6-5-7-17-33)31-23-27-44-39(28-31)36-19-10-11-20-42(36)49(44)41-21-12-15-30-14-8-9-18-35(30)41/h3-29H,2H2,1H3/b13-3-.